The lowest BCUT2D eigenvalue weighted by Gasteiger charge is -2.10. The van der Waals surface area contributed by atoms with E-state index in [4.69, 9.17) is 10.5 Å². The number of hydrogen-bond acceptors (Lipinski definition) is 5. The summed E-state index contributed by atoms with van der Waals surface area (Å²) in [4.78, 5) is 14.4. The number of anilines is 1. The van der Waals surface area contributed by atoms with Crippen LogP contribution in [0, 0.1) is 22.7 Å². The van der Waals surface area contributed by atoms with Gasteiger partial charge in [-0.05, 0) is 24.1 Å². The van der Waals surface area contributed by atoms with E-state index in [0.717, 1.165) is 12.8 Å². The van der Waals surface area contributed by atoms with Gasteiger partial charge in [-0.15, -0.1) is 0 Å². The molecular formula is C23H28N4O2. The van der Waals surface area contributed by atoms with Gasteiger partial charge >= 0.3 is 0 Å². The zero-order valence-corrected chi connectivity index (χ0v) is 17.0. The monoisotopic (exact) mass is 392 g/mol. The summed E-state index contributed by atoms with van der Waals surface area (Å²) in [5.41, 5.74) is 5.95. The number of nitriles is 2. The molecule has 1 heterocycles. The normalized spacial score (nSPS) is 10.3. The van der Waals surface area contributed by atoms with Crippen LogP contribution in [0.1, 0.15) is 69.4 Å². The molecule has 0 atom stereocenters. The molecule has 29 heavy (non-hydrogen) atoms. The largest absolute Gasteiger partial charge is 0.494 e. The van der Waals surface area contributed by atoms with E-state index < -0.39 is 5.56 Å². The fourth-order valence-corrected chi connectivity index (χ4v) is 3.28. The van der Waals surface area contributed by atoms with Crippen molar-refractivity contribution >= 4 is 5.82 Å². The Hall–Kier alpha value is -3.25. The van der Waals surface area contributed by atoms with E-state index in [2.05, 4.69) is 11.9 Å². The van der Waals surface area contributed by atoms with Crippen LogP contribution in [0.4, 0.5) is 5.82 Å². The number of nitrogens with zero attached hydrogens (tertiary/aromatic N) is 2. The number of unbranched alkanes of at least 4 members (excludes halogenated alkanes) is 7. The Balaban J connectivity index is 1.94. The Labute approximate surface area is 171 Å². The van der Waals surface area contributed by atoms with Crippen molar-refractivity contribution in [3.05, 3.63) is 45.7 Å². The molecule has 6 heteroatoms. The predicted molar refractivity (Wildman–Crippen MR) is 114 cm³/mol. The van der Waals surface area contributed by atoms with Crippen molar-refractivity contribution in [3.63, 3.8) is 0 Å². The lowest BCUT2D eigenvalue weighted by molar-refractivity contribution is 0.304. The summed E-state index contributed by atoms with van der Waals surface area (Å²) in [5, 5.41) is 18.7. The topological polar surface area (TPSA) is 116 Å². The van der Waals surface area contributed by atoms with Gasteiger partial charge in [0, 0.05) is 5.56 Å². The second kappa shape index (κ2) is 11.6. The molecule has 0 aliphatic rings. The lowest BCUT2D eigenvalue weighted by Crippen LogP contribution is -2.16. The maximum atomic E-state index is 12.0. The number of aromatic amines is 1. The highest BCUT2D eigenvalue weighted by atomic mass is 16.5. The Kier molecular flexibility index (Phi) is 8.79. The van der Waals surface area contributed by atoms with Crippen molar-refractivity contribution in [3.8, 4) is 29.0 Å². The smallest absolute Gasteiger partial charge is 0.268 e. The predicted octanol–water partition coefficient (Wildman–Crippen LogP) is 4.89. The number of nitrogens with two attached hydrogens (primary N) is 1. The van der Waals surface area contributed by atoms with Crippen LogP contribution in [0.2, 0.25) is 0 Å². The van der Waals surface area contributed by atoms with Crippen molar-refractivity contribution in [1.29, 1.82) is 10.5 Å². The third kappa shape index (κ3) is 6.12. The van der Waals surface area contributed by atoms with E-state index >= 15 is 0 Å². The van der Waals surface area contributed by atoms with Crippen LogP contribution in [0.3, 0.4) is 0 Å². The van der Waals surface area contributed by atoms with Gasteiger partial charge in [0.25, 0.3) is 5.56 Å². The molecule has 1 aromatic carbocycles. The SMILES string of the molecule is CCCCCCCCCCOc1ccc(-c2c(C#N)c(N)[nH]c(=O)c2C#N)cc1. The second-order valence-corrected chi connectivity index (χ2v) is 7.06. The number of nitrogen functional groups attached to an aromatic ring is 1. The first kappa shape index (κ1) is 22.0. The van der Waals surface area contributed by atoms with Gasteiger partial charge in [-0.3, -0.25) is 4.79 Å². The van der Waals surface area contributed by atoms with E-state index in [0.29, 0.717) is 17.9 Å². The van der Waals surface area contributed by atoms with Gasteiger partial charge in [-0.1, -0.05) is 64.0 Å². The maximum Gasteiger partial charge on any atom is 0.268 e. The van der Waals surface area contributed by atoms with Gasteiger partial charge in [0.1, 0.15) is 34.8 Å². The Bertz CT molecular complexity index is 934. The van der Waals surface area contributed by atoms with Gasteiger partial charge in [0.05, 0.1) is 6.61 Å². The fraction of sp³-hybridized carbons (Fsp3) is 0.435. The summed E-state index contributed by atoms with van der Waals surface area (Å²) in [7, 11) is 0. The zero-order valence-electron chi connectivity index (χ0n) is 17.0. The number of H-pyrrole nitrogens is 1. The first-order valence-electron chi connectivity index (χ1n) is 10.2. The van der Waals surface area contributed by atoms with Crippen molar-refractivity contribution in [1.82, 2.24) is 4.98 Å². The quantitative estimate of drug-likeness (QED) is 0.528. The minimum Gasteiger partial charge on any atom is -0.494 e. The number of rotatable bonds is 11. The van der Waals surface area contributed by atoms with Crippen LogP contribution in [0.15, 0.2) is 29.1 Å². The highest BCUT2D eigenvalue weighted by Crippen LogP contribution is 2.29. The summed E-state index contributed by atoms with van der Waals surface area (Å²) >= 11 is 0. The number of aromatic nitrogens is 1. The first-order valence-corrected chi connectivity index (χ1v) is 10.2. The van der Waals surface area contributed by atoms with Gasteiger partial charge in [-0.25, -0.2) is 0 Å². The molecule has 0 radical (unpaired) electrons. The summed E-state index contributed by atoms with van der Waals surface area (Å²) in [6, 6.07) is 10.9. The van der Waals surface area contributed by atoms with Crippen LogP contribution >= 0.6 is 0 Å². The molecule has 0 amide bonds. The second-order valence-electron chi connectivity index (χ2n) is 7.06. The van der Waals surface area contributed by atoms with Gasteiger partial charge in [0.2, 0.25) is 0 Å². The van der Waals surface area contributed by atoms with Crippen molar-refractivity contribution in [2.45, 2.75) is 58.3 Å². The standard InChI is InChI=1S/C23H28N4O2/c1-2-3-4-5-6-7-8-9-14-29-18-12-10-17(11-13-18)21-19(15-24)22(26)27-23(28)20(21)16-25/h10-13H,2-9,14H2,1H3,(H3,26,27,28). The van der Waals surface area contributed by atoms with Gasteiger partial charge < -0.3 is 15.5 Å². The van der Waals surface area contributed by atoms with E-state index in [-0.39, 0.29) is 22.5 Å². The third-order valence-electron chi connectivity index (χ3n) is 4.88. The highest BCUT2D eigenvalue weighted by Gasteiger charge is 2.17. The van der Waals surface area contributed by atoms with Crippen LogP contribution in [0.25, 0.3) is 11.1 Å². The molecule has 2 rings (SSSR count). The number of benzene rings is 1. The lowest BCUT2D eigenvalue weighted by atomic mass is 9.96. The Morgan fingerprint density at radius 1 is 0.931 bits per heavy atom. The van der Waals surface area contributed by atoms with E-state index in [1.54, 1.807) is 24.3 Å². The molecule has 6 nitrogen and oxygen atoms in total. The first-order chi connectivity index (χ1) is 14.1. The molecule has 3 N–H and O–H groups in total. The zero-order chi connectivity index (χ0) is 21.1. The molecule has 152 valence electrons. The molecule has 0 fully saturated rings. The van der Waals surface area contributed by atoms with E-state index in [1.807, 2.05) is 12.1 Å². The minimum atomic E-state index is -0.603. The summed E-state index contributed by atoms with van der Waals surface area (Å²) < 4.78 is 5.78. The highest BCUT2D eigenvalue weighted by molar-refractivity contribution is 5.80. The number of hydrogen-bond donors (Lipinski definition) is 2. The molecule has 0 spiro atoms. The van der Waals surface area contributed by atoms with E-state index in [9.17, 15) is 15.3 Å². The molecule has 0 unspecified atom stereocenters. The number of pyridine rings is 1. The number of nitrogens with one attached hydrogen (secondary N) is 1. The molecule has 0 saturated carbocycles. The Morgan fingerprint density at radius 3 is 2.10 bits per heavy atom. The van der Waals surface area contributed by atoms with Crippen molar-refractivity contribution < 1.29 is 4.74 Å². The minimum absolute atomic E-state index is 0.0403. The summed E-state index contributed by atoms with van der Waals surface area (Å²) in [6.45, 7) is 2.88. The van der Waals surface area contributed by atoms with Crippen LogP contribution in [0.5, 0.6) is 5.75 Å². The van der Waals surface area contributed by atoms with Crippen LogP contribution < -0.4 is 16.0 Å². The fourth-order valence-electron chi connectivity index (χ4n) is 3.28. The Morgan fingerprint density at radius 2 is 1.52 bits per heavy atom. The molecule has 0 aliphatic heterocycles. The summed E-state index contributed by atoms with van der Waals surface area (Å²) in [5.74, 6) is 0.674. The van der Waals surface area contributed by atoms with Gasteiger partial charge in [-0.2, -0.15) is 10.5 Å². The van der Waals surface area contributed by atoms with E-state index in [1.165, 1.54) is 38.5 Å². The van der Waals surface area contributed by atoms with Crippen molar-refractivity contribution in [2.24, 2.45) is 0 Å². The molecule has 2 aromatic rings. The molecule has 1 aromatic heterocycles. The molecular weight excluding hydrogens is 364 g/mol. The molecule has 0 bridgehead atoms. The average molecular weight is 393 g/mol. The molecule has 0 saturated heterocycles. The van der Waals surface area contributed by atoms with Crippen LogP contribution in [-0.2, 0) is 0 Å². The van der Waals surface area contributed by atoms with Crippen molar-refractivity contribution in [2.75, 3.05) is 12.3 Å². The van der Waals surface area contributed by atoms with Crippen LogP contribution in [-0.4, -0.2) is 11.6 Å². The third-order valence-corrected chi connectivity index (χ3v) is 4.88. The maximum absolute atomic E-state index is 12.0. The van der Waals surface area contributed by atoms with Gasteiger partial charge in [0.15, 0.2) is 0 Å². The number of ether oxygens (including phenoxy) is 1. The average Bonchev–Trinajstić information content (AvgIpc) is 2.72. The molecule has 0 aliphatic carbocycles. The summed E-state index contributed by atoms with van der Waals surface area (Å²) in [6.07, 6.45) is 9.95.